The molecular weight excluding hydrogens is 326 g/mol. The number of methoxy groups -OCH3 is 1. The minimum Gasteiger partial charge on any atom is -0.466 e. The molecule has 2 aromatic heterocycles. The van der Waals surface area contributed by atoms with Crippen molar-refractivity contribution in [1.82, 2.24) is 4.98 Å². The zero-order chi connectivity index (χ0) is 16.0. The number of thiophene rings is 1. The van der Waals surface area contributed by atoms with Crippen LogP contribution in [0.25, 0.3) is 10.9 Å². The second kappa shape index (κ2) is 5.51. The fourth-order valence-electron chi connectivity index (χ4n) is 2.89. The predicted molar refractivity (Wildman–Crippen MR) is 93.2 cm³/mol. The molecule has 1 aliphatic rings. The summed E-state index contributed by atoms with van der Waals surface area (Å²) in [6.45, 7) is 4.00. The molecule has 1 aromatic carbocycles. The predicted octanol–water partition coefficient (Wildman–Crippen LogP) is 4.62. The normalized spacial score (nSPS) is 15.8. The van der Waals surface area contributed by atoms with E-state index in [0.717, 1.165) is 31.3 Å². The van der Waals surface area contributed by atoms with E-state index >= 15 is 0 Å². The average Bonchev–Trinajstić information content (AvgIpc) is 3.04. The zero-order valence-electron chi connectivity index (χ0n) is 12.4. The van der Waals surface area contributed by atoms with E-state index < -0.39 is 0 Å². The molecule has 23 heavy (non-hydrogen) atoms. The van der Waals surface area contributed by atoms with Gasteiger partial charge in [0.25, 0.3) is 0 Å². The van der Waals surface area contributed by atoms with Gasteiger partial charge in [-0.3, -0.25) is 0 Å². The molecule has 0 spiro atoms. The number of carbonyl (C=O) groups excluding carboxylic acids is 1. The van der Waals surface area contributed by atoms with Crippen molar-refractivity contribution in [2.75, 3.05) is 7.11 Å². The SMILES string of the molecule is C=C(C(=O)OC)C1c2cc3ccccc3nc2Sc2sccc21. The second-order valence-corrected chi connectivity index (χ2v) is 7.46. The van der Waals surface area contributed by atoms with Crippen molar-refractivity contribution in [2.45, 2.75) is 15.2 Å². The molecule has 0 aliphatic carbocycles. The Morgan fingerprint density at radius 2 is 2.09 bits per heavy atom. The molecule has 0 radical (unpaired) electrons. The Labute approximate surface area is 142 Å². The van der Waals surface area contributed by atoms with E-state index in [1.807, 2.05) is 29.6 Å². The Hall–Kier alpha value is -2.11. The number of pyridine rings is 1. The summed E-state index contributed by atoms with van der Waals surface area (Å²) in [6, 6.07) is 12.2. The molecule has 114 valence electrons. The van der Waals surface area contributed by atoms with Gasteiger partial charge in [0, 0.05) is 16.9 Å². The number of rotatable bonds is 2. The van der Waals surface area contributed by atoms with Crippen LogP contribution in [-0.2, 0) is 9.53 Å². The number of benzene rings is 1. The Balaban J connectivity index is 1.95. The Kier molecular flexibility index (Phi) is 3.47. The maximum Gasteiger partial charge on any atom is 0.334 e. The number of para-hydroxylation sites is 1. The molecule has 0 saturated carbocycles. The number of hydrogen-bond acceptors (Lipinski definition) is 5. The number of ether oxygens (including phenoxy) is 1. The molecule has 0 amide bonds. The lowest BCUT2D eigenvalue weighted by atomic mass is 9.87. The van der Waals surface area contributed by atoms with Crippen LogP contribution in [0.4, 0.5) is 0 Å². The van der Waals surface area contributed by atoms with Crippen LogP contribution < -0.4 is 0 Å². The molecule has 3 heterocycles. The lowest BCUT2D eigenvalue weighted by molar-refractivity contribution is -0.136. The maximum absolute atomic E-state index is 12.1. The minimum absolute atomic E-state index is 0.197. The van der Waals surface area contributed by atoms with E-state index in [9.17, 15) is 4.79 Å². The summed E-state index contributed by atoms with van der Waals surface area (Å²) in [5.74, 6) is -0.574. The van der Waals surface area contributed by atoms with Gasteiger partial charge in [0.15, 0.2) is 0 Å². The van der Waals surface area contributed by atoms with Crippen LogP contribution in [0.1, 0.15) is 17.0 Å². The molecular formula is C18H13NO2S2. The van der Waals surface area contributed by atoms with E-state index in [0.29, 0.717) is 5.57 Å². The van der Waals surface area contributed by atoms with E-state index in [1.54, 1.807) is 23.1 Å². The third kappa shape index (κ3) is 2.28. The van der Waals surface area contributed by atoms with Gasteiger partial charge < -0.3 is 4.74 Å². The molecule has 1 unspecified atom stereocenters. The van der Waals surface area contributed by atoms with Gasteiger partial charge in [0.2, 0.25) is 0 Å². The molecule has 3 nitrogen and oxygen atoms in total. The van der Waals surface area contributed by atoms with Gasteiger partial charge in [-0.15, -0.1) is 11.3 Å². The Morgan fingerprint density at radius 3 is 2.91 bits per heavy atom. The Morgan fingerprint density at radius 1 is 1.26 bits per heavy atom. The fourth-order valence-corrected chi connectivity index (χ4v) is 5.06. The lowest BCUT2D eigenvalue weighted by Crippen LogP contribution is -2.16. The maximum atomic E-state index is 12.1. The van der Waals surface area contributed by atoms with Crippen LogP contribution in [-0.4, -0.2) is 18.1 Å². The van der Waals surface area contributed by atoms with E-state index in [2.05, 4.69) is 18.7 Å². The third-order valence-corrected chi connectivity index (χ3v) is 6.18. The zero-order valence-corrected chi connectivity index (χ0v) is 14.0. The van der Waals surface area contributed by atoms with Gasteiger partial charge in [-0.1, -0.05) is 36.5 Å². The van der Waals surface area contributed by atoms with Crippen LogP contribution in [0.15, 0.2) is 63.2 Å². The summed E-state index contributed by atoms with van der Waals surface area (Å²) >= 11 is 3.32. The van der Waals surface area contributed by atoms with Gasteiger partial charge in [0.05, 0.1) is 16.8 Å². The standard InChI is InChI=1S/C18H13NO2S2/c1-10(17(20)21-2)15-12-7-8-22-18(12)23-16-13(15)9-11-5-3-4-6-14(11)19-16/h3-9,15H,1H2,2H3. The summed E-state index contributed by atoms with van der Waals surface area (Å²) < 4.78 is 6.06. The molecule has 3 aromatic rings. The number of esters is 1. The Bertz CT molecular complexity index is 945. The van der Waals surface area contributed by atoms with Crippen molar-refractivity contribution in [3.8, 4) is 0 Å². The first kappa shape index (κ1) is 14.5. The molecule has 5 heteroatoms. The molecule has 0 bridgehead atoms. The highest BCUT2D eigenvalue weighted by Gasteiger charge is 2.33. The van der Waals surface area contributed by atoms with Crippen LogP contribution in [0.3, 0.4) is 0 Å². The molecule has 1 atom stereocenters. The van der Waals surface area contributed by atoms with Crippen molar-refractivity contribution < 1.29 is 9.53 Å². The quantitative estimate of drug-likeness (QED) is 0.504. The van der Waals surface area contributed by atoms with Crippen molar-refractivity contribution >= 4 is 40.0 Å². The average molecular weight is 339 g/mol. The number of hydrogen-bond donors (Lipinski definition) is 0. The molecule has 0 fully saturated rings. The monoisotopic (exact) mass is 339 g/mol. The largest absolute Gasteiger partial charge is 0.466 e. The van der Waals surface area contributed by atoms with Gasteiger partial charge in [-0.05, 0) is 34.7 Å². The van der Waals surface area contributed by atoms with E-state index in [1.165, 1.54) is 7.11 Å². The van der Waals surface area contributed by atoms with Crippen molar-refractivity contribution in [3.05, 3.63) is 65.1 Å². The summed E-state index contributed by atoms with van der Waals surface area (Å²) in [6.07, 6.45) is 0. The highest BCUT2D eigenvalue weighted by Crippen LogP contribution is 2.50. The highest BCUT2D eigenvalue weighted by atomic mass is 32.2. The van der Waals surface area contributed by atoms with Crippen LogP contribution in [0.5, 0.6) is 0 Å². The summed E-state index contributed by atoms with van der Waals surface area (Å²) in [4.78, 5) is 16.9. The van der Waals surface area contributed by atoms with Gasteiger partial charge in [-0.2, -0.15) is 0 Å². The van der Waals surface area contributed by atoms with Gasteiger partial charge in [0.1, 0.15) is 5.03 Å². The van der Waals surface area contributed by atoms with Crippen LogP contribution in [0.2, 0.25) is 0 Å². The van der Waals surface area contributed by atoms with E-state index in [-0.39, 0.29) is 11.9 Å². The fraction of sp³-hybridized carbons (Fsp3) is 0.111. The van der Waals surface area contributed by atoms with Gasteiger partial charge >= 0.3 is 5.97 Å². The summed E-state index contributed by atoms with van der Waals surface area (Å²) in [7, 11) is 1.39. The third-order valence-electron chi connectivity index (χ3n) is 3.98. The lowest BCUT2D eigenvalue weighted by Gasteiger charge is -2.25. The van der Waals surface area contributed by atoms with Crippen LogP contribution in [0, 0.1) is 0 Å². The first-order valence-corrected chi connectivity index (χ1v) is 8.80. The first-order valence-electron chi connectivity index (χ1n) is 7.11. The first-order chi connectivity index (χ1) is 11.2. The van der Waals surface area contributed by atoms with Crippen LogP contribution >= 0.6 is 23.1 Å². The smallest absolute Gasteiger partial charge is 0.334 e. The molecule has 1 aliphatic heterocycles. The van der Waals surface area contributed by atoms with Gasteiger partial charge in [-0.25, -0.2) is 9.78 Å². The molecule has 4 rings (SSSR count). The highest BCUT2D eigenvalue weighted by molar-refractivity contribution is 8.01. The molecule has 0 N–H and O–H groups in total. The summed E-state index contributed by atoms with van der Waals surface area (Å²) in [5, 5.41) is 4.04. The second-order valence-electron chi connectivity index (χ2n) is 5.29. The minimum atomic E-state index is -0.377. The topological polar surface area (TPSA) is 39.2 Å². The van der Waals surface area contributed by atoms with Crippen molar-refractivity contribution in [1.29, 1.82) is 0 Å². The number of aromatic nitrogens is 1. The number of nitrogens with zero attached hydrogens (tertiary/aromatic N) is 1. The number of fused-ring (bicyclic) bond motifs is 3. The van der Waals surface area contributed by atoms with E-state index in [4.69, 9.17) is 9.72 Å². The summed E-state index contributed by atoms with van der Waals surface area (Å²) in [5.41, 5.74) is 3.54. The van der Waals surface area contributed by atoms with Crippen molar-refractivity contribution in [2.24, 2.45) is 0 Å². The van der Waals surface area contributed by atoms with Crippen molar-refractivity contribution in [3.63, 3.8) is 0 Å². The molecule has 0 saturated heterocycles. The number of carbonyl (C=O) groups is 1.